The van der Waals surface area contributed by atoms with E-state index in [1.807, 2.05) is 6.92 Å². The molecule has 0 atom stereocenters. The molecule has 4 nitrogen and oxygen atoms in total. The largest absolute Gasteiger partial charge is 0.312 e. The molecule has 4 heteroatoms. The molecule has 2 heterocycles. The average molecular weight is 165 g/mol. The van der Waals surface area contributed by atoms with Crippen LogP contribution in [-0.4, -0.2) is 16.5 Å². The van der Waals surface area contributed by atoms with Crippen molar-refractivity contribution in [2.75, 3.05) is 6.54 Å². The Balaban J connectivity index is 2.60. The lowest BCUT2D eigenvalue weighted by atomic mass is 10.1. The normalized spacial score (nSPS) is 15.8. The molecule has 0 unspecified atom stereocenters. The molecule has 0 amide bonds. The van der Waals surface area contributed by atoms with E-state index in [2.05, 4.69) is 15.3 Å². The minimum absolute atomic E-state index is 0.00435. The van der Waals surface area contributed by atoms with E-state index in [0.29, 0.717) is 12.4 Å². The fourth-order valence-electron chi connectivity index (χ4n) is 1.48. The quantitative estimate of drug-likeness (QED) is 0.556. The summed E-state index contributed by atoms with van der Waals surface area (Å²) in [5.74, 6) is 0.709. The highest BCUT2D eigenvalue weighted by atomic mass is 16.1. The summed E-state index contributed by atoms with van der Waals surface area (Å²) >= 11 is 0. The van der Waals surface area contributed by atoms with Gasteiger partial charge in [-0.15, -0.1) is 0 Å². The Bertz CT molecular complexity index is 356. The van der Waals surface area contributed by atoms with Crippen LogP contribution in [0.1, 0.15) is 17.1 Å². The third-order valence-electron chi connectivity index (χ3n) is 2.06. The van der Waals surface area contributed by atoms with Gasteiger partial charge in [0.1, 0.15) is 5.82 Å². The molecule has 1 aliphatic rings. The molecule has 0 bridgehead atoms. The number of nitrogens with zero attached hydrogens (tertiary/aromatic N) is 1. The molecule has 0 saturated heterocycles. The summed E-state index contributed by atoms with van der Waals surface area (Å²) in [6, 6.07) is 0. The Hall–Kier alpha value is -1.16. The van der Waals surface area contributed by atoms with Crippen LogP contribution in [0.5, 0.6) is 0 Å². The van der Waals surface area contributed by atoms with Gasteiger partial charge in [0.25, 0.3) is 5.56 Å². The minimum atomic E-state index is 0.00435. The van der Waals surface area contributed by atoms with Crippen molar-refractivity contribution < 1.29 is 0 Å². The zero-order chi connectivity index (χ0) is 8.55. The summed E-state index contributed by atoms with van der Waals surface area (Å²) in [5, 5.41) is 3.14. The van der Waals surface area contributed by atoms with E-state index in [0.717, 1.165) is 24.2 Å². The summed E-state index contributed by atoms with van der Waals surface area (Å²) in [4.78, 5) is 18.3. The third kappa shape index (κ3) is 1.14. The fourth-order valence-corrected chi connectivity index (χ4v) is 1.48. The molecular weight excluding hydrogens is 154 g/mol. The van der Waals surface area contributed by atoms with Crippen LogP contribution in [0, 0.1) is 6.92 Å². The lowest BCUT2D eigenvalue weighted by Crippen LogP contribution is -2.31. The van der Waals surface area contributed by atoms with Crippen molar-refractivity contribution in [1.29, 1.82) is 0 Å². The van der Waals surface area contributed by atoms with Crippen molar-refractivity contribution in [3.63, 3.8) is 0 Å². The van der Waals surface area contributed by atoms with Gasteiger partial charge >= 0.3 is 0 Å². The van der Waals surface area contributed by atoms with Crippen LogP contribution < -0.4 is 10.9 Å². The second kappa shape index (κ2) is 2.71. The smallest absolute Gasteiger partial charge is 0.255 e. The van der Waals surface area contributed by atoms with Crippen LogP contribution in [0.25, 0.3) is 0 Å². The van der Waals surface area contributed by atoms with E-state index in [1.165, 1.54) is 0 Å². The van der Waals surface area contributed by atoms with E-state index in [-0.39, 0.29) is 5.56 Å². The van der Waals surface area contributed by atoms with Crippen LogP contribution >= 0.6 is 0 Å². The highest BCUT2D eigenvalue weighted by molar-refractivity contribution is 5.20. The summed E-state index contributed by atoms with van der Waals surface area (Å²) < 4.78 is 0. The standard InChI is InChI=1S/C8H11N3O/c1-5-10-7-2-3-9-4-6(7)8(12)11-5/h9H,2-4H2,1H3,(H,10,11,12). The van der Waals surface area contributed by atoms with E-state index in [1.54, 1.807) is 0 Å². The van der Waals surface area contributed by atoms with Gasteiger partial charge in [0.05, 0.1) is 11.3 Å². The third-order valence-corrected chi connectivity index (χ3v) is 2.06. The average Bonchev–Trinajstić information content (AvgIpc) is 2.04. The van der Waals surface area contributed by atoms with Gasteiger partial charge in [0.2, 0.25) is 0 Å². The van der Waals surface area contributed by atoms with Crippen molar-refractivity contribution in [3.05, 3.63) is 27.4 Å². The van der Waals surface area contributed by atoms with E-state index in [9.17, 15) is 4.79 Å². The molecule has 0 saturated carbocycles. The maximum atomic E-state index is 11.3. The van der Waals surface area contributed by atoms with Gasteiger partial charge in [-0.05, 0) is 6.92 Å². The molecule has 0 spiro atoms. The summed E-state index contributed by atoms with van der Waals surface area (Å²) in [6.07, 6.45) is 0.861. The molecule has 1 aromatic rings. The van der Waals surface area contributed by atoms with E-state index >= 15 is 0 Å². The van der Waals surface area contributed by atoms with Gasteiger partial charge in [-0.3, -0.25) is 4.79 Å². The van der Waals surface area contributed by atoms with Gasteiger partial charge in [-0.2, -0.15) is 0 Å². The lowest BCUT2D eigenvalue weighted by Gasteiger charge is -2.14. The molecule has 1 aliphatic heterocycles. The molecule has 1 aromatic heterocycles. The number of hydrogen-bond acceptors (Lipinski definition) is 3. The zero-order valence-corrected chi connectivity index (χ0v) is 6.98. The first-order chi connectivity index (χ1) is 5.77. The predicted molar refractivity (Wildman–Crippen MR) is 45.0 cm³/mol. The van der Waals surface area contributed by atoms with Crippen molar-refractivity contribution in [2.24, 2.45) is 0 Å². The van der Waals surface area contributed by atoms with Crippen LogP contribution in [0.2, 0.25) is 0 Å². The number of nitrogens with one attached hydrogen (secondary N) is 2. The first kappa shape index (κ1) is 7.49. The number of hydrogen-bond donors (Lipinski definition) is 2. The highest BCUT2D eigenvalue weighted by Crippen LogP contribution is 2.05. The number of rotatable bonds is 0. The molecule has 0 fully saturated rings. The van der Waals surface area contributed by atoms with Gasteiger partial charge in [-0.25, -0.2) is 4.98 Å². The second-order valence-electron chi connectivity index (χ2n) is 3.00. The summed E-state index contributed by atoms with van der Waals surface area (Å²) in [5.41, 5.74) is 1.76. The Morgan fingerprint density at radius 2 is 2.33 bits per heavy atom. The highest BCUT2D eigenvalue weighted by Gasteiger charge is 2.13. The Morgan fingerprint density at radius 3 is 3.17 bits per heavy atom. The van der Waals surface area contributed by atoms with Crippen LogP contribution in [0.15, 0.2) is 4.79 Å². The fraction of sp³-hybridized carbons (Fsp3) is 0.500. The molecule has 2 rings (SSSR count). The summed E-state index contributed by atoms with van der Waals surface area (Å²) in [7, 11) is 0. The Kier molecular flexibility index (Phi) is 1.69. The number of fused-ring (bicyclic) bond motifs is 1. The number of aromatic nitrogens is 2. The van der Waals surface area contributed by atoms with Gasteiger partial charge < -0.3 is 10.3 Å². The second-order valence-corrected chi connectivity index (χ2v) is 3.00. The minimum Gasteiger partial charge on any atom is -0.312 e. The molecule has 0 aromatic carbocycles. The van der Waals surface area contributed by atoms with Crippen molar-refractivity contribution in [1.82, 2.24) is 15.3 Å². The molecule has 12 heavy (non-hydrogen) atoms. The molecule has 2 N–H and O–H groups in total. The molecular formula is C8H11N3O. The van der Waals surface area contributed by atoms with Crippen LogP contribution in [0.4, 0.5) is 0 Å². The molecule has 64 valence electrons. The Labute approximate surface area is 70.0 Å². The van der Waals surface area contributed by atoms with Gasteiger partial charge in [0, 0.05) is 19.5 Å². The maximum absolute atomic E-state index is 11.3. The van der Waals surface area contributed by atoms with E-state index in [4.69, 9.17) is 0 Å². The van der Waals surface area contributed by atoms with Crippen molar-refractivity contribution >= 4 is 0 Å². The van der Waals surface area contributed by atoms with Crippen molar-refractivity contribution in [3.8, 4) is 0 Å². The topological polar surface area (TPSA) is 57.8 Å². The Morgan fingerprint density at radius 1 is 1.50 bits per heavy atom. The van der Waals surface area contributed by atoms with Gasteiger partial charge in [-0.1, -0.05) is 0 Å². The zero-order valence-electron chi connectivity index (χ0n) is 6.98. The number of aromatic amines is 1. The van der Waals surface area contributed by atoms with E-state index < -0.39 is 0 Å². The van der Waals surface area contributed by atoms with Crippen molar-refractivity contribution in [2.45, 2.75) is 19.9 Å². The van der Waals surface area contributed by atoms with Gasteiger partial charge in [0.15, 0.2) is 0 Å². The first-order valence-electron chi connectivity index (χ1n) is 4.07. The maximum Gasteiger partial charge on any atom is 0.255 e. The lowest BCUT2D eigenvalue weighted by molar-refractivity contribution is 0.617. The number of H-pyrrole nitrogens is 1. The molecule has 0 aliphatic carbocycles. The monoisotopic (exact) mass is 165 g/mol. The van der Waals surface area contributed by atoms with Crippen LogP contribution in [0.3, 0.4) is 0 Å². The first-order valence-corrected chi connectivity index (χ1v) is 4.07. The molecule has 0 radical (unpaired) electrons. The predicted octanol–water partition coefficient (Wildman–Crippen LogP) is -0.276. The SMILES string of the molecule is Cc1nc2c(c(=O)[nH]1)CNCC2. The van der Waals surface area contributed by atoms with Crippen LogP contribution in [-0.2, 0) is 13.0 Å². The summed E-state index contributed by atoms with van der Waals surface area (Å²) in [6.45, 7) is 3.38. The number of aryl methyl sites for hydroxylation is 1.